The standard InChI is InChI=1S/C23H18F3N3O2/c1-12-6-7-14(10-13(12)2)16-4-3-5-18(21(16)30)28-29-20-17-9-8-15(23(24,25)26)11-19(17)27-22(20)31/h3-11,27,30-31H,1-2H3. The van der Waals surface area contributed by atoms with Crippen LogP contribution in [0.3, 0.4) is 0 Å². The molecule has 31 heavy (non-hydrogen) atoms. The highest BCUT2D eigenvalue weighted by molar-refractivity contribution is 5.94. The predicted molar refractivity (Wildman–Crippen MR) is 112 cm³/mol. The molecule has 3 aromatic carbocycles. The molecule has 1 heterocycles. The van der Waals surface area contributed by atoms with Gasteiger partial charge in [0.2, 0.25) is 5.88 Å². The number of H-pyrrole nitrogens is 1. The van der Waals surface area contributed by atoms with Gasteiger partial charge in [0.15, 0.2) is 11.4 Å². The zero-order valence-electron chi connectivity index (χ0n) is 16.6. The van der Waals surface area contributed by atoms with Crippen LogP contribution >= 0.6 is 0 Å². The van der Waals surface area contributed by atoms with Gasteiger partial charge >= 0.3 is 6.18 Å². The number of hydrogen-bond donors (Lipinski definition) is 3. The molecule has 8 heteroatoms. The van der Waals surface area contributed by atoms with Crippen LogP contribution in [-0.4, -0.2) is 15.2 Å². The summed E-state index contributed by atoms with van der Waals surface area (Å²) in [5.41, 5.74) is 2.96. The minimum atomic E-state index is -4.50. The first-order valence-corrected chi connectivity index (χ1v) is 9.38. The molecular weight excluding hydrogens is 407 g/mol. The highest BCUT2D eigenvalue weighted by atomic mass is 19.4. The van der Waals surface area contributed by atoms with Gasteiger partial charge in [-0.2, -0.15) is 13.2 Å². The summed E-state index contributed by atoms with van der Waals surface area (Å²) < 4.78 is 38.7. The molecule has 3 N–H and O–H groups in total. The summed E-state index contributed by atoms with van der Waals surface area (Å²) in [5, 5.41) is 29.1. The lowest BCUT2D eigenvalue weighted by atomic mass is 9.99. The van der Waals surface area contributed by atoms with Crippen LogP contribution in [-0.2, 0) is 6.18 Å². The first-order chi connectivity index (χ1) is 14.6. The van der Waals surface area contributed by atoms with Gasteiger partial charge in [0.25, 0.3) is 0 Å². The van der Waals surface area contributed by atoms with E-state index in [0.29, 0.717) is 5.56 Å². The Morgan fingerprint density at radius 1 is 0.871 bits per heavy atom. The number of aryl methyl sites for hydroxylation is 2. The number of aromatic amines is 1. The fraction of sp³-hybridized carbons (Fsp3) is 0.130. The largest absolute Gasteiger partial charge is 0.505 e. The van der Waals surface area contributed by atoms with E-state index in [1.165, 1.54) is 6.07 Å². The van der Waals surface area contributed by atoms with Crippen LogP contribution in [0.25, 0.3) is 22.0 Å². The highest BCUT2D eigenvalue weighted by Gasteiger charge is 2.31. The van der Waals surface area contributed by atoms with Gasteiger partial charge in [-0.15, -0.1) is 10.2 Å². The van der Waals surface area contributed by atoms with Gasteiger partial charge in [-0.1, -0.05) is 30.3 Å². The smallest absolute Gasteiger partial charge is 0.416 e. The van der Waals surface area contributed by atoms with Crippen LogP contribution in [0.5, 0.6) is 11.6 Å². The van der Waals surface area contributed by atoms with E-state index in [1.807, 2.05) is 32.0 Å². The van der Waals surface area contributed by atoms with E-state index in [0.717, 1.165) is 28.8 Å². The van der Waals surface area contributed by atoms with Crippen molar-refractivity contribution in [1.29, 1.82) is 0 Å². The maximum absolute atomic E-state index is 12.9. The Balaban J connectivity index is 1.73. The van der Waals surface area contributed by atoms with Gasteiger partial charge < -0.3 is 15.2 Å². The number of alkyl halides is 3. The molecule has 0 aliphatic heterocycles. The van der Waals surface area contributed by atoms with Gasteiger partial charge in [0, 0.05) is 10.9 Å². The van der Waals surface area contributed by atoms with Crippen molar-refractivity contribution in [2.75, 3.05) is 0 Å². The first-order valence-electron chi connectivity index (χ1n) is 9.38. The third-order valence-electron chi connectivity index (χ3n) is 5.17. The summed E-state index contributed by atoms with van der Waals surface area (Å²) in [6.45, 7) is 3.97. The number of nitrogens with one attached hydrogen (secondary N) is 1. The number of phenolic OH excluding ortho intramolecular Hbond substituents is 1. The zero-order chi connectivity index (χ0) is 22.3. The summed E-state index contributed by atoms with van der Waals surface area (Å²) in [4.78, 5) is 2.48. The van der Waals surface area contributed by atoms with Crippen LogP contribution in [0.4, 0.5) is 24.5 Å². The zero-order valence-corrected chi connectivity index (χ0v) is 16.6. The molecule has 0 atom stereocenters. The molecular formula is C23H18F3N3O2. The van der Waals surface area contributed by atoms with Gasteiger partial charge in [0.05, 0.1) is 11.1 Å². The molecule has 0 unspecified atom stereocenters. The molecule has 0 radical (unpaired) electrons. The summed E-state index contributed by atoms with van der Waals surface area (Å²) in [6.07, 6.45) is -4.50. The average molecular weight is 425 g/mol. The van der Waals surface area contributed by atoms with E-state index >= 15 is 0 Å². The molecule has 0 fully saturated rings. The Hall–Kier alpha value is -3.81. The summed E-state index contributed by atoms with van der Waals surface area (Å²) in [6, 6.07) is 13.8. The van der Waals surface area contributed by atoms with Crippen molar-refractivity contribution >= 4 is 22.3 Å². The van der Waals surface area contributed by atoms with E-state index in [-0.39, 0.29) is 28.0 Å². The van der Waals surface area contributed by atoms with Crippen LogP contribution in [0, 0.1) is 13.8 Å². The Morgan fingerprint density at radius 3 is 2.35 bits per heavy atom. The summed E-state index contributed by atoms with van der Waals surface area (Å²) >= 11 is 0. The number of para-hydroxylation sites is 1. The minimum absolute atomic E-state index is 0.0142. The van der Waals surface area contributed by atoms with E-state index in [9.17, 15) is 23.4 Å². The quantitative estimate of drug-likeness (QED) is 0.301. The molecule has 5 nitrogen and oxygen atoms in total. The summed E-state index contributed by atoms with van der Waals surface area (Å²) in [5.74, 6) is -0.504. The molecule has 4 rings (SSSR count). The number of benzene rings is 3. The van der Waals surface area contributed by atoms with Gasteiger partial charge in [-0.05, 0) is 54.8 Å². The maximum Gasteiger partial charge on any atom is 0.416 e. The second-order valence-electron chi connectivity index (χ2n) is 7.25. The Morgan fingerprint density at radius 2 is 1.65 bits per heavy atom. The number of phenols is 1. The molecule has 0 bridgehead atoms. The van der Waals surface area contributed by atoms with Crippen LogP contribution in [0.1, 0.15) is 16.7 Å². The molecule has 1 aromatic heterocycles. The minimum Gasteiger partial charge on any atom is -0.505 e. The number of aromatic hydroxyl groups is 2. The van der Waals surface area contributed by atoms with Crippen LogP contribution in [0.15, 0.2) is 64.8 Å². The number of rotatable bonds is 3. The third-order valence-corrected chi connectivity index (χ3v) is 5.17. The molecule has 0 aliphatic rings. The van der Waals surface area contributed by atoms with Crippen molar-refractivity contribution < 1.29 is 23.4 Å². The van der Waals surface area contributed by atoms with Crippen LogP contribution in [0.2, 0.25) is 0 Å². The van der Waals surface area contributed by atoms with Gasteiger partial charge in [0.1, 0.15) is 5.69 Å². The third kappa shape index (κ3) is 3.84. The van der Waals surface area contributed by atoms with Crippen LogP contribution < -0.4 is 0 Å². The molecule has 0 saturated heterocycles. The second-order valence-corrected chi connectivity index (χ2v) is 7.25. The first kappa shape index (κ1) is 20.5. The molecule has 158 valence electrons. The maximum atomic E-state index is 12.9. The van der Waals surface area contributed by atoms with E-state index in [4.69, 9.17) is 0 Å². The van der Waals surface area contributed by atoms with Crippen molar-refractivity contribution in [3.8, 4) is 22.8 Å². The lowest BCUT2D eigenvalue weighted by molar-refractivity contribution is -0.137. The Bertz CT molecular complexity index is 1320. The fourth-order valence-electron chi connectivity index (χ4n) is 3.30. The van der Waals surface area contributed by atoms with Crippen molar-refractivity contribution in [2.45, 2.75) is 20.0 Å². The normalized spacial score (nSPS) is 12.2. The fourth-order valence-corrected chi connectivity index (χ4v) is 3.30. The predicted octanol–water partition coefficient (Wildman–Crippen LogP) is 7.30. The topological polar surface area (TPSA) is 81.0 Å². The van der Waals surface area contributed by atoms with E-state index in [1.54, 1.807) is 18.2 Å². The highest BCUT2D eigenvalue weighted by Crippen LogP contribution is 2.42. The van der Waals surface area contributed by atoms with Crippen molar-refractivity contribution in [3.05, 3.63) is 71.3 Å². The van der Waals surface area contributed by atoms with Crippen molar-refractivity contribution in [3.63, 3.8) is 0 Å². The number of nitrogens with zero attached hydrogens (tertiary/aromatic N) is 2. The molecule has 0 aliphatic carbocycles. The molecule has 0 spiro atoms. The second kappa shape index (κ2) is 7.46. The number of aromatic nitrogens is 1. The SMILES string of the molecule is Cc1ccc(-c2cccc(N=Nc3c(O)[nH]c4cc(C(F)(F)F)ccc34)c2O)cc1C. The lowest BCUT2D eigenvalue weighted by Crippen LogP contribution is -2.03. The monoisotopic (exact) mass is 425 g/mol. The molecule has 4 aromatic rings. The number of azo groups is 1. The lowest BCUT2D eigenvalue weighted by Gasteiger charge is -2.09. The Kier molecular flexibility index (Phi) is 4.93. The molecule has 0 saturated carbocycles. The Labute approximate surface area is 175 Å². The number of halogens is 3. The van der Waals surface area contributed by atoms with Gasteiger partial charge in [-0.3, -0.25) is 0 Å². The number of hydrogen-bond acceptors (Lipinski definition) is 4. The average Bonchev–Trinajstić information content (AvgIpc) is 3.03. The number of fused-ring (bicyclic) bond motifs is 1. The van der Waals surface area contributed by atoms with Crippen molar-refractivity contribution in [1.82, 2.24) is 4.98 Å². The van der Waals surface area contributed by atoms with Gasteiger partial charge in [-0.25, -0.2) is 0 Å². The van der Waals surface area contributed by atoms with E-state index < -0.39 is 17.6 Å². The van der Waals surface area contributed by atoms with E-state index in [2.05, 4.69) is 15.2 Å². The molecule has 0 amide bonds. The van der Waals surface area contributed by atoms with Crippen molar-refractivity contribution in [2.24, 2.45) is 10.2 Å². The summed E-state index contributed by atoms with van der Waals surface area (Å²) in [7, 11) is 0.